The van der Waals surface area contributed by atoms with Gasteiger partial charge in [0.25, 0.3) is 10.1 Å². The Morgan fingerprint density at radius 1 is 0.453 bits per heavy atom. The standard InChI is InChI=1S/C19H28N2O7S.C18H25N5O4.C18H27N3O4.C18H26N2O5/c1-19(2,3)27-17(22)20-15-12-21(11-10-16(15)28-29(4,24)25)18(23)26-13-14-8-6-5-7-9-14;1-18(2,3)27-16(24)20-15-11-23(10-9-14(15)21-22-19)17(25)26-12-13-7-5-4-6-8-13;1-18(2,3)25-16(22)20-15-11-21(10-9-14(15)19)17(23)24-12-13-7-5-4-6-8-13;1-18(2,3)25-16(22)19-14-11-20(10-9-15(14)21)17(23)24-12-13-7-5-4-6-8-13/h5-9,15-16H,10-13H2,1-4H3,(H,20,22);4-8,14-15H,9-12H2,1-3H3,(H,20,24);4-8,14-15H,9-12,19H2,1-3H3,(H,20,22);4-8,14-15,21H,9-12H2,1-3H3,(H,19,22)/t15-,16-;2*14-,15+;14-,15-/m0110/s1. The third-order valence-electron chi connectivity index (χ3n) is 15.5. The van der Waals surface area contributed by atoms with Gasteiger partial charge in [-0.3, -0.25) is 4.18 Å². The number of ether oxygens (including phenoxy) is 8. The van der Waals surface area contributed by atoms with Crippen molar-refractivity contribution in [2.24, 2.45) is 10.8 Å². The number of likely N-dealkylation sites (tertiary alicyclic amines) is 4. The lowest BCUT2D eigenvalue weighted by Crippen LogP contribution is -2.59. The number of aliphatic hydroxyl groups is 1. The van der Waals surface area contributed by atoms with Crippen LogP contribution in [0.1, 0.15) is 131 Å². The van der Waals surface area contributed by atoms with Crippen LogP contribution in [0.25, 0.3) is 10.4 Å². The van der Waals surface area contributed by atoms with Crippen LogP contribution in [-0.2, 0) is 78.6 Å². The van der Waals surface area contributed by atoms with Crippen molar-refractivity contribution >= 4 is 58.9 Å². The maximum absolute atomic E-state index is 12.4. The third-order valence-corrected chi connectivity index (χ3v) is 16.1. The smallest absolute Gasteiger partial charge is 0.410 e. The highest BCUT2D eigenvalue weighted by atomic mass is 32.2. The molecule has 4 aliphatic rings. The van der Waals surface area contributed by atoms with E-state index in [0.717, 1.165) is 28.5 Å². The molecule has 8 atom stereocenters. The molecule has 106 heavy (non-hydrogen) atoms. The second-order valence-corrected chi connectivity index (χ2v) is 31.1. The van der Waals surface area contributed by atoms with Gasteiger partial charge in [0.2, 0.25) is 0 Å². The number of aliphatic hydroxyl groups excluding tert-OH is 1. The lowest BCUT2D eigenvalue weighted by atomic mass is 10.0. The van der Waals surface area contributed by atoms with Crippen LogP contribution in [0.3, 0.4) is 0 Å². The second kappa shape index (κ2) is 41.2. The number of azide groups is 1. The molecule has 0 saturated carbocycles. The molecule has 7 N–H and O–H groups in total. The summed E-state index contributed by atoms with van der Waals surface area (Å²) in [6.07, 6.45) is -3.41. The highest BCUT2D eigenvalue weighted by Gasteiger charge is 2.39. The van der Waals surface area contributed by atoms with Gasteiger partial charge in [-0.05, 0) is 137 Å². The lowest BCUT2D eigenvalue weighted by Gasteiger charge is -2.37. The average Bonchev–Trinajstić information content (AvgIpc) is 0.842. The Hall–Kier alpha value is -9.82. The Balaban J connectivity index is 0.000000254. The van der Waals surface area contributed by atoms with E-state index in [9.17, 15) is 51.9 Å². The molecular formula is C73H106N12O20S. The molecule has 0 aromatic heterocycles. The fourth-order valence-corrected chi connectivity index (χ4v) is 11.3. The zero-order chi connectivity index (χ0) is 78.4. The number of hydrogen-bond acceptors (Lipinski definition) is 22. The number of nitrogens with zero attached hydrogens (tertiary/aromatic N) is 7. The van der Waals surface area contributed by atoms with Crippen molar-refractivity contribution < 1.29 is 94.0 Å². The van der Waals surface area contributed by atoms with Crippen molar-refractivity contribution in [1.29, 1.82) is 0 Å². The van der Waals surface area contributed by atoms with Gasteiger partial charge in [-0.15, -0.1) is 0 Å². The number of piperidine rings is 4. The maximum atomic E-state index is 12.4. The molecule has 33 heteroatoms. The Kier molecular flexibility index (Phi) is 33.7. The fraction of sp³-hybridized carbons (Fsp3) is 0.562. The minimum Gasteiger partial charge on any atom is -0.445 e. The molecule has 0 aliphatic carbocycles. The summed E-state index contributed by atoms with van der Waals surface area (Å²) in [5.74, 6) is 0. The van der Waals surface area contributed by atoms with Crippen LogP contribution in [0.2, 0.25) is 0 Å². The Bertz CT molecular complexity index is 3510. The van der Waals surface area contributed by atoms with Gasteiger partial charge in [-0.1, -0.05) is 126 Å². The first-order valence-corrected chi connectivity index (χ1v) is 36.7. The number of carbonyl (C=O) groups is 8. The van der Waals surface area contributed by atoms with Gasteiger partial charge in [0.15, 0.2) is 0 Å². The highest BCUT2D eigenvalue weighted by molar-refractivity contribution is 7.86. The number of alkyl carbamates (subject to hydrolysis) is 4. The summed E-state index contributed by atoms with van der Waals surface area (Å²) < 4.78 is 70.4. The van der Waals surface area contributed by atoms with Crippen LogP contribution in [0.4, 0.5) is 38.4 Å². The van der Waals surface area contributed by atoms with Crippen LogP contribution in [0, 0.1) is 0 Å². The van der Waals surface area contributed by atoms with Gasteiger partial charge < -0.3 is 89.6 Å². The summed E-state index contributed by atoms with van der Waals surface area (Å²) in [5, 5.41) is 24.5. The summed E-state index contributed by atoms with van der Waals surface area (Å²) >= 11 is 0. The molecule has 4 aromatic carbocycles. The molecule has 8 rings (SSSR count). The molecule has 8 amide bonds. The van der Waals surface area contributed by atoms with Crippen molar-refractivity contribution in [2.45, 2.75) is 206 Å². The van der Waals surface area contributed by atoms with Crippen molar-refractivity contribution in [3.05, 3.63) is 154 Å². The number of rotatable bonds is 15. The summed E-state index contributed by atoms with van der Waals surface area (Å²) in [4.78, 5) is 106. The minimum atomic E-state index is -3.74. The van der Waals surface area contributed by atoms with Crippen LogP contribution in [0.5, 0.6) is 0 Å². The number of amides is 8. The summed E-state index contributed by atoms with van der Waals surface area (Å²) in [6, 6.07) is 34.5. The SMILES string of the molecule is CC(C)(C)OC(=O)N[C@H]1CN(C(=O)OCc2ccccc2)CC[C@@H]1O.CC(C)(C)OC(=O)N[C@H]1CN(C(=O)OCc2ccccc2)CC[C@@H]1OS(C)(=O)=O.CC(C)(C)OC(=O)N[C@H]1CN(C(=O)OCc2ccccc2)CC[C@H]1N.CC(C)(C)OC(=O)N[C@H]1CN(C(=O)OCc2ccccc2)CC[C@H]1N=[N+]=[N-]. The molecule has 4 aromatic rings. The van der Waals surface area contributed by atoms with Crippen LogP contribution in [0.15, 0.2) is 126 Å². The molecule has 32 nitrogen and oxygen atoms in total. The van der Waals surface area contributed by atoms with E-state index in [-0.39, 0.29) is 71.1 Å². The van der Waals surface area contributed by atoms with E-state index in [1.165, 1.54) is 14.7 Å². The first-order chi connectivity index (χ1) is 49.7. The molecule has 4 saturated heterocycles. The molecule has 0 radical (unpaired) electrons. The average molecular weight is 1500 g/mol. The van der Waals surface area contributed by atoms with E-state index < -0.39 is 118 Å². The van der Waals surface area contributed by atoms with Gasteiger partial charge in [-0.25, -0.2) is 38.4 Å². The van der Waals surface area contributed by atoms with Gasteiger partial charge in [-0.2, -0.15) is 8.42 Å². The molecule has 4 fully saturated rings. The van der Waals surface area contributed by atoms with E-state index in [2.05, 4.69) is 31.3 Å². The monoisotopic (exact) mass is 1500 g/mol. The largest absolute Gasteiger partial charge is 0.445 e. The van der Waals surface area contributed by atoms with Crippen molar-refractivity contribution in [2.75, 3.05) is 58.6 Å². The summed E-state index contributed by atoms with van der Waals surface area (Å²) in [5.41, 5.74) is 15.8. The number of hydrogen-bond donors (Lipinski definition) is 6. The summed E-state index contributed by atoms with van der Waals surface area (Å²) in [7, 11) is -3.74. The van der Waals surface area contributed by atoms with Crippen LogP contribution >= 0.6 is 0 Å². The minimum absolute atomic E-state index is 0.0348. The van der Waals surface area contributed by atoms with E-state index in [4.69, 9.17) is 53.3 Å². The van der Waals surface area contributed by atoms with Crippen molar-refractivity contribution in [3.8, 4) is 0 Å². The Morgan fingerprint density at radius 3 is 1.08 bits per heavy atom. The number of benzene rings is 4. The second-order valence-electron chi connectivity index (χ2n) is 29.5. The predicted molar refractivity (Wildman–Crippen MR) is 391 cm³/mol. The van der Waals surface area contributed by atoms with E-state index in [1.807, 2.05) is 121 Å². The van der Waals surface area contributed by atoms with Crippen LogP contribution < -0.4 is 27.0 Å². The van der Waals surface area contributed by atoms with Gasteiger partial charge >= 0.3 is 48.7 Å². The molecule has 584 valence electrons. The predicted octanol–water partition coefficient (Wildman–Crippen LogP) is 10.4. The Labute approximate surface area is 620 Å². The normalized spacial score (nSPS) is 20.3. The number of carbonyl (C=O) groups excluding carboxylic acids is 8. The molecule has 4 heterocycles. The van der Waals surface area contributed by atoms with Gasteiger partial charge in [0, 0.05) is 63.3 Å². The maximum Gasteiger partial charge on any atom is 0.410 e. The van der Waals surface area contributed by atoms with Crippen LogP contribution in [-0.4, -0.2) is 211 Å². The van der Waals surface area contributed by atoms with Gasteiger partial charge in [0.05, 0.1) is 42.6 Å². The summed E-state index contributed by atoms with van der Waals surface area (Å²) in [6.45, 7) is 23.9. The quantitative estimate of drug-likeness (QED) is 0.0212. The molecule has 0 spiro atoms. The highest BCUT2D eigenvalue weighted by Crippen LogP contribution is 2.23. The van der Waals surface area contributed by atoms with E-state index >= 15 is 0 Å². The topological polar surface area (TPSA) is 410 Å². The number of nitrogens with one attached hydrogen (secondary N) is 4. The van der Waals surface area contributed by atoms with Gasteiger partial charge in [0.1, 0.15) is 54.9 Å². The fourth-order valence-electron chi connectivity index (χ4n) is 10.6. The van der Waals surface area contributed by atoms with Crippen molar-refractivity contribution in [1.82, 2.24) is 40.9 Å². The zero-order valence-electron chi connectivity index (χ0n) is 62.8. The van der Waals surface area contributed by atoms with E-state index in [1.54, 1.807) is 88.0 Å². The first kappa shape index (κ1) is 86.8. The Morgan fingerprint density at radius 2 is 0.736 bits per heavy atom. The number of nitrogens with two attached hydrogens (primary N) is 1. The molecule has 0 unspecified atom stereocenters. The van der Waals surface area contributed by atoms with Crippen molar-refractivity contribution in [3.63, 3.8) is 0 Å². The third kappa shape index (κ3) is 34.4. The molecule has 0 bridgehead atoms. The first-order valence-electron chi connectivity index (χ1n) is 34.9. The molecule has 4 aliphatic heterocycles. The molecular weight excluding hydrogens is 1400 g/mol. The zero-order valence-corrected chi connectivity index (χ0v) is 63.6. The van der Waals surface area contributed by atoms with E-state index in [0.29, 0.717) is 45.4 Å². The lowest BCUT2D eigenvalue weighted by molar-refractivity contribution is 0.0178.